The summed E-state index contributed by atoms with van der Waals surface area (Å²) in [5.74, 6) is 0.811. The van der Waals surface area contributed by atoms with Crippen molar-refractivity contribution in [1.29, 1.82) is 0 Å². The predicted octanol–water partition coefficient (Wildman–Crippen LogP) is 5.56. The lowest BCUT2D eigenvalue weighted by Gasteiger charge is -2.31. The molecule has 1 N–H and O–H groups in total. The topological polar surface area (TPSA) is 49.4 Å². The molecule has 0 bridgehead atoms. The largest absolute Gasteiger partial charge is 0.352 e. The van der Waals surface area contributed by atoms with Gasteiger partial charge in [0.15, 0.2) is 0 Å². The second kappa shape index (κ2) is 12.2. The first kappa shape index (κ1) is 24.6. The smallest absolute Gasteiger partial charge is 0.243 e. The standard InChI is InChI=1S/C23H28Cl2N2O2S/c1-4-21(23(29)26-16(2)3)27(13-18-10-11-19(24)20(25)12-18)22(28)15-30-14-17-8-6-5-7-9-17/h5-12,16,21H,4,13-15H2,1-3H3,(H,26,29)/t21-/m1/s1. The van der Waals surface area contributed by atoms with Crippen LogP contribution in [0.5, 0.6) is 0 Å². The molecule has 2 rings (SSSR count). The molecule has 1 atom stereocenters. The Hall–Kier alpha value is -1.69. The summed E-state index contributed by atoms with van der Waals surface area (Å²) in [4.78, 5) is 27.6. The highest BCUT2D eigenvalue weighted by atomic mass is 35.5. The van der Waals surface area contributed by atoms with Crippen LogP contribution in [0.3, 0.4) is 0 Å². The molecule has 30 heavy (non-hydrogen) atoms. The molecule has 0 heterocycles. The summed E-state index contributed by atoms with van der Waals surface area (Å²) in [5.41, 5.74) is 2.00. The SMILES string of the molecule is CC[C@H](C(=O)NC(C)C)N(Cc1ccc(Cl)c(Cl)c1)C(=O)CSCc1ccccc1. The minimum absolute atomic E-state index is 0.000865. The molecule has 0 radical (unpaired) electrons. The fraction of sp³-hybridized carbons (Fsp3) is 0.391. The Kier molecular flexibility index (Phi) is 10.0. The van der Waals surface area contributed by atoms with Gasteiger partial charge in [0, 0.05) is 18.3 Å². The van der Waals surface area contributed by atoms with Gasteiger partial charge >= 0.3 is 0 Å². The summed E-state index contributed by atoms with van der Waals surface area (Å²) in [7, 11) is 0. The molecule has 162 valence electrons. The zero-order valence-corrected chi connectivity index (χ0v) is 19.9. The van der Waals surface area contributed by atoms with Crippen LogP contribution in [0.15, 0.2) is 48.5 Å². The second-order valence-electron chi connectivity index (χ2n) is 7.34. The monoisotopic (exact) mass is 466 g/mol. The maximum absolute atomic E-state index is 13.1. The van der Waals surface area contributed by atoms with E-state index in [0.29, 0.717) is 28.8 Å². The zero-order chi connectivity index (χ0) is 22.1. The van der Waals surface area contributed by atoms with Gasteiger partial charge in [-0.1, -0.05) is 66.5 Å². The van der Waals surface area contributed by atoms with E-state index in [1.165, 1.54) is 0 Å². The van der Waals surface area contributed by atoms with Crippen molar-refractivity contribution in [2.24, 2.45) is 0 Å². The van der Waals surface area contributed by atoms with Crippen molar-refractivity contribution in [2.75, 3.05) is 5.75 Å². The Labute approximate surface area is 193 Å². The summed E-state index contributed by atoms with van der Waals surface area (Å²) < 4.78 is 0. The molecule has 0 saturated carbocycles. The molecule has 0 spiro atoms. The first-order valence-corrected chi connectivity index (χ1v) is 11.9. The van der Waals surface area contributed by atoms with Crippen molar-refractivity contribution < 1.29 is 9.59 Å². The Balaban J connectivity index is 2.16. The molecule has 2 aromatic rings. The van der Waals surface area contributed by atoms with Gasteiger partial charge in [0.1, 0.15) is 6.04 Å². The van der Waals surface area contributed by atoms with Crippen LogP contribution < -0.4 is 5.32 Å². The highest BCUT2D eigenvalue weighted by molar-refractivity contribution is 7.99. The predicted molar refractivity (Wildman–Crippen MR) is 127 cm³/mol. The van der Waals surface area contributed by atoms with Crippen LogP contribution in [0, 0.1) is 0 Å². The van der Waals surface area contributed by atoms with Gasteiger partial charge < -0.3 is 10.2 Å². The van der Waals surface area contributed by atoms with E-state index in [0.717, 1.165) is 16.9 Å². The molecule has 0 aliphatic heterocycles. The van der Waals surface area contributed by atoms with Gasteiger partial charge in [0.25, 0.3) is 0 Å². The third kappa shape index (κ3) is 7.53. The number of nitrogens with zero attached hydrogens (tertiary/aromatic N) is 1. The normalized spacial score (nSPS) is 11.9. The van der Waals surface area contributed by atoms with Crippen molar-refractivity contribution in [1.82, 2.24) is 10.2 Å². The number of hydrogen-bond donors (Lipinski definition) is 1. The number of carbonyl (C=O) groups is 2. The fourth-order valence-electron chi connectivity index (χ4n) is 3.05. The average molecular weight is 467 g/mol. The van der Waals surface area contributed by atoms with E-state index in [9.17, 15) is 9.59 Å². The van der Waals surface area contributed by atoms with Crippen LogP contribution in [0.1, 0.15) is 38.3 Å². The van der Waals surface area contributed by atoms with E-state index >= 15 is 0 Å². The van der Waals surface area contributed by atoms with Crippen molar-refractivity contribution >= 4 is 46.8 Å². The van der Waals surface area contributed by atoms with Gasteiger partial charge in [-0.3, -0.25) is 9.59 Å². The second-order valence-corrected chi connectivity index (χ2v) is 9.14. The van der Waals surface area contributed by atoms with E-state index in [4.69, 9.17) is 23.2 Å². The molecular weight excluding hydrogens is 439 g/mol. The van der Waals surface area contributed by atoms with Crippen LogP contribution in [-0.4, -0.2) is 34.6 Å². The fourth-order valence-corrected chi connectivity index (χ4v) is 4.24. The summed E-state index contributed by atoms with van der Waals surface area (Å²) in [6.07, 6.45) is 0.523. The van der Waals surface area contributed by atoms with E-state index in [-0.39, 0.29) is 17.9 Å². The van der Waals surface area contributed by atoms with Gasteiger partial charge in [-0.2, -0.15) is 0 Å². The van der Waals surface area contributed by atoms with E-state index in [2.05, 4.69) is 5.32 Å². The van der Waals surface area contributed by atoms with Crippen molar-refractivity contribution in [3.05, 3.63) is 69.7 Å². The van der Waals surface area contributed by atoms with E-state index in [1.807, 2.05) is 57.2 Å². The number of hydrogen-bond acceptors (Lipinski definition) is 3. The highest BCUT2D eigenvalue weighted by Gasteiger charge is 2.29. The molecule has 2 aromatic carbocycles. The average Bonchev–Trinajstić information content (AvgIpc) is 2.70. The molecule has 0 aliphatic rings. The molecule has 0 aromatic heterocycles. The summed E-state index contributed by atoms with van der Waals surface area (Å²) in [6.45, 7) is 6.03. The number of rotatable bonds is 10. The number of benzene rings is 2. The number of carbonyl (C=O) groups excluding carboxylic acids is 2. The molecule has 2 amide bonds. The maximum Gasteiger partial charge on any atom is 0.243 e. The van der Waals surface area contributed by atoms with E-state index in [1.54, 1.807) is 28.8 Å². The van der Waals surface area contributed by atoms with Gasteiger partial charge in [-0.05, 0) is 43.5 Å². The minimum Gasteiger partial charge on any atom is -0.352 e. The molecule has 7 heteroatoms. The van der Waals surface area contributed by atoms with Gasteiger partial charge in [0.2, 0.25) is 11.8 Å². The van der Waals surface area contributed by atoms with Crippen LogP contribution in [-0.2, 0) is 21.9 Å². The van der Waals surface area contributed by atoms with Gasteiger partial charge in [-0.15, -0.1) is 11.8 Å². The number of nitrogens with one attached hydrogen (secondary N) is 1. The van der Waals surface area contributed by atoms with Crippen molar-refractivity contribution in [3.63, 3.8) is 0 Å². The first-order valence-electron chi connectivity index (χ1n) is 9.97. The number of amides is 2. The lowest BCUT2D eigenvalue weighted by atomic mass is 10.1. The molecular formula is C23H28Cl2N2O2S. The molecule has 0 fully saturated rings. The zero-order valence-electron chi connectivity index (χ0n) is 17.5. The number of thioether (sulfide) groups is 1. The molecule has 0 saturated heterocycles. The Morgan fingerprint density at radius 1 is 1.03 bits per heavy atom. The summed E-state index contributed by atoms with van der Waals surface area (Å²) >= 11 is 13.7. The first-order chi connectivity index (χ1) is 14.3. The third-order valence-electron chi connectivity index (χ3n) is 4.49. The Morgan fingerprint density at radius 2 is 1.73 bits per heavy atom. The van der Waals surface area contributed by atoms with Crippen LogP contribution in [0.2, 0.25) is 10.0 Å². The van der Waals surface area contributed by atoms with Crippen LogP contribution in [0.25, 0.3) is 0 Å². The molecule has 4 nitrogen and oxygen atoms in total. The van der Waals surface area contributed by atoms with Crippen molar-refractivity contribution in [3.8, 4) is 0 Å². The Bertz CT molecular complexity index is 846. The molecule has 0 aliphatic carbocycles. The lowest BCUT2D eigenvalue weighted by molar-refractivity contribution is -0.139. The minimum atomic E-state index is -0.549. The maximum atomic E-state index is 13.1. The highest BCUT2D eigenvalue weighted by Crippen LogP contribution is 2.24. The third-order valence-corrected chi connectivity index (χ3v) is 6.22. The number of halogens is 2. The van der Waals surface area contributed by atoms with E-state index < -0.39 is 6.04 Å². The summed E-state index contributed by atoms with van der Waals surface area (Å²) in [5, 5.41) is 3.82. The van der Waals surface area contributed by atoms with Crippen LogP contribution in [0.4, 0.5) is 0 Å². The van der Waals surface area contributed by atoms with Crippen molar-refractivity contribution in [2.45, 2.75) is 51.6 Å². The molecule has 0 unspecified atom stereocenters. The quantitative estimate of drug-likeness (QED) is 0.498. The summed E-state index contributed by atoms with van der Waals surface area (Å²) in [6, 6.07) is 14.7. The lowest BCUT2D eigenvalue weighted by Crippen LogP contribution is -2.50. The van der Waals surface area contributed by atoms with Gasteiger partial charge in [-0.25, -0.2) is 0 Å². The van der Waals surface area contributed by atoms with Crippen LogP contribution >= 0.6 is 35.0 Å². The van der Waals surface area contributed by atoms with Gasteiger partial charge in [0.05, 0.1) is 15.8 Å². The Morgan fingerprint density at radius 3 is 2.33 bits per heavy atom.